The molecule has 0 saturated heterocycles. The molecular formula is C16H20O4. The van der Waals surface area contributed by atoms with Gasteiger partial charge in [0.1, 0.15) is 0 Å². The number of esters is 2. The monoisotopic (exact) mass is 276 g/mol. The summed E-state index contributed by atoms with van der Waals surface area (Å²) in [5.74, 6) is -1.03. The first-order valence-electron chi connectivity index (χ1n) is 6.62. The summed E-state index contributed by atoms with van der Waals surface area (Å²) in [6, 6.07) is 2.10. The van der Waals surface area contributed by atoms with Crippen molar-refractivity contribution in [3.8, 4) is 0 Å². The fourth-order valence-electron chi connectivity index (χ4n) is 3.14. The number of aryl methyl sites for hydroxylation is 2. The van der Waals surface area contributed by atoms with Crippen molar-refractivity contribution in [3.63, 3.8) is 0 Å². The third-order valence-electron chi connectivity index (χ3n) is 4.43. The lowest BCUT2D eigenvalue weighted by Crippen LogP contribution is -2.42. The van der Waals surface area contributed by atoms with E-state index < -0.39 is 17.4 Å². The molecule has 0 fully saturated rings. The van der Waals surface area contributed by atoms with E-state index in [4.69, 9.17) is 9.47 Å². The SMILES string of the molecule is COC(=O)C1(C(=O)OC)Cc2c(C)cc(C)c(C)c2C1. The Labute approximate surface area is 119 Å². The van der Waals surface area contributed by atoms with Crippen molar-refractivity contribution in [1.29, 1.82) is 0 Å². The van der Waals surface area contributed by atoms with E-state index in [0.717, 1.165) is 22.3 Å². The number of hydrogen-bond acceptors (Lipinski definition) is 4. The van der Waals surface area contributed by atoms with Gasteiger partial charge in [-0.05, 0) is 48.6 Å². The fourth-order valence-corrected chi connectivity index (χ4v) is 3.14. The molecule has 108 valence electrons. The minimum atomic E-state index is -1.23. The van der Waals surface area contributed by atoms with Gasteiger partial charge in [-0.3, -0.25) is 9.59 Å². The van der Waals surface area contributed by atoms with Gasteiger partial charge in [0.25, 0.3) is 0 Å². The summed E-state index contributed by atoms with van der Waals surface area (Å²) in [5.41, 5.74) is 4.35. The van der Waals surface area contributed by atoms with Crippen molar-refractivity contribution in [2.45, 2.75) is 33.6 Å². The standard InChI is InChI=1S/C16H20O4/c1-9-6-10(2)12-7-16(14(17)19-4,15(18)20-5)8-13(12)11(9)3/h6H,7-8H2,1-5H3. The predicted molar refractivity (Wildman–Crippen MR) is 74.5 cm³/mol. The third kappa shape index (κ3) is 1.90. The summed E-state index contributed by atoms with van der Waals surface area (Å²) in [7, 11) is 2.61. The van der Waals surface area contributed by atoms with E-state index in [1.165, 1.54) is 19.8 Å². The lowest BCUT2D eigenvalue weighted by molar-refractivity contribution is -0.168. The number of hydrogen-bond donors (Lipinski definition) is 0. The molecule has 4 heteroatoms. The molecule has 1 aliphatic rings. The Morgan fingerprint density at radius 2 is 1.45 bits per heavy atom. The molecule has 0 radical (unpaired) electrons. The molecule has 0 N–H and O–H groups in total. The molecule has 20 heavy (non-hydrogen) atoms. The summed E-state index contributed by atoms with van der Waals surface area (Å²) in [5, 5.41) is 0. The molecule has 0 spiro atoms. The fraction of sp³-hybridized carbons (Fsp3) is 0.500. The molecule has 0 bridgehead atoms. The summed E-state index contributed by atoms with van der Waals surface area (Å²) in [6.45, 7) is 6.08. The zero-order valence-corrected chi connectivity index (χ0v) is 12.6. The highest BCUT2D eigenvalue weighted by Gasteiger charge is 2.53. The molecule has 0 atom stereocenters. The highest BCUT2D eigenvalue weighted by Crippen LogP contribution is 2.42. The second-order valence-electron chi connectivity index (χ2n) is 5.51. The molecule has 2 rings (SSSR count). The van der Waals surface area contributed by atoms with Crippen LogP contribution in [0, 0.1) is 26.2 Å². The smallest absolute Gasteiger partial charge is 0.323 e. The Bertz CT molecular complexity index is 571. The van der Waals surface area contributed by atoms with Crippen LogP contribution < -0.4 is 0 Å². The average Bonchev–Trinajstić information content (AvgIpc) is 2.85. The van der Waals surface area contributed by atoms with Gasteiger partial charge in [0.15, 0.2) is 5.41 Å². The van der Waals surface area contributed by atoms with Crippen LogP contribution in [-0.2, 0) is 31.9 Å². The van der Waals surface area contributed by atoms with Gasteiger partial charge in [0.2, 0.25) is 0 Å². The van der Waals surface area contributed by atoms with Crippen LogP contribution in [0.1, 0.15) is 27.8 Å². The van der Waals surface area contributed by atoms with Crippen LogP contribution in [0.2, 0.25) is 0 Å². The summed E-state index contributed by atoms with van der Waals surface area (Å²) in [6.07, 6.45) is 0.713. The highest BCUT2D eigenvalue weighted by atomic mass is 16.5. The molecule has 1 aliphatic carbocycles. The Kier molecular flexibility index (Phi) is 3.59. The first-order chi connectivity index (χ1) is 9.37. The van der Waals surface area contributed by atoms with Gasteiger partial charge in [-0.2, -0.15) is 0 Å². The predicted octanol–water partition coefficient (Wildman–Crippen LogP) is 2.04. The van der Waals surface area contributed by atoms with E-state index in [0.29, 0.717) is 12.8 Å². The lowest BCUT2D eigenvalue weighted by atomic mass is 9.84. The van der Waals surface area contributed by atoms with Crippen LogP contribution in [-0.4, -0.2) is 26.2 Å². The number of carbonyl (C=O) groups excluding carboxylic acids is 2. The van der Waals surface area contributed by atoms with Crippen LogP contribution >= 0.6 is 0 Å². The van der Waals surface area contributed by atoms with Gasteiger partial charge in [0, 0.05) is 12.8 Å². The molecule has 1 aromatic rings. The minimum absolute atomic E-state index is 0.356. The second kappa shape index (κ2) is 4.93. The maximum absolute atomic E-state index is 12.2. The zero-order valence-electron chi connectivity index (χ0n) is 12.6. The molecule has 0 amide bonds. The van der Waals surface area contributed by atoms with E-state index in [1.807, 2.05) is 20.8 Å². The molecular weight excluding hydrogens is 256 g/mol. The van der Waals surface area contributed by atoms with Gasteiger partial charge >= 0.3 is 11.9 Å². The second-order valence-corrected chi connectivity index (χ2v) is 5.51. The Hall–Kier alpha value is -1.84. The number of rotatable bonds is 2. The number of fused-ring (bicyclic) bond motifs is 1. The van der Waals surface area contributed by atoms with Crippen LogP contribution in [0.25, 0.3) is 0 Å². The minimum Gasteiger partial charge on any atom is -0.468 e. The van der Waals surface area contributed by atoms with Gasteiger partial charge in [0.05, 0.1) is 14.2 Å². The zero-order chi connectivity index (χ0) is 15.1. The van der Waals surface area contributed by atoms with E-state index >= 15 is 0 Å². The summed E-state index contributed by atoms with van der Waals surface area (Å²) >= 11 is 0. The molecule has 4 nitrogen and oxygen atoms in total. The molecule has 0 aromatic heterocycles. The quantitative estimate of drug-likeness (QED) is 0.613. The number of methoxy groups -OCH3 is 2. The van der Waals surface area contributed by atoms with Gasteiger partial charge in [-0.15, -0.1) is 0 Å². The molecule has 0 saturated carbocycles. The third-order valence-corrected chi connectivity index (χ3v) is 4.43. The van der Waals surface area contributed by atoms with Crippen molar-refractivity contribution in [1.82, 2.24) is 0 Å². The number of benzene rings is 1. The van der Waals surface area contributed by atoms with Crippen LogP contribution in [0.4, 0.5) is 0 Å². The van der Waals surface area contributed by atoms with Gasteiger partial charge in [-0.25, -0.2) is 0 Å². The Morgan fingerprint density at radius 1 is 0.950 bits per heavy atom. The van der Waals surface area contributed by atoms with Crippen LogP contribution in [0.15, 0.2) is 6.07 Å². The van der Waals surface area contributed by atoms with Crippen molar-refractivity contribution in [3.05, 3.63) is 33.9 Å². The first kappa shape index (κ1) is 14.6. The molecule has 1 aromatic carbocycles. The van der Waals surface area contributed by atoms with E-state index in [2.05, 4.69) is 6.07 Å². The lowest BCUT2D eigenvalue weighted by Gasteiger charge is -2.22. The van der Waals surface area contributed by atoms with Gasteiger partial charge in [-0.1, -0.05) is 6.07 Å². The maximum atomic E-state index is 12.2. The first-order valence-corrected chi connectivity index (χ1v) is 6.62. The number of carbonyl (C=O) groups is 2. The molecule has 0 unspecified atom stereocenters. The van der Waals surface area contributed by atoms with E-state index in [9.17, 15) is 9.59 Å². The van der Waals surface area contributed by atoms with Crippen LogP contribution in [0.5, 0.6) is 0 Å². The summed E-state index contributed by atoms with van der Waals surface area (Å²) < 4.78 is 9.72. The van der Waals surface area contributed by atoms with E-state index in [-0.39, 0.29) is 0 Å². The number of ether oxygens (including phenoxy) is 2. The van der Waals surface area contributed by atoms with Crippen molar-refractivity contribution in [2.24, 2.45) is 5.41 Å². The molecule has 0 heterocycles. The summed E-state index contributed by atoms with van der Waals surface area (Å²) in [4.78, 5) is 24.4. The van der Waals surface area contributed by atoms with Gasteiger partial charge < -0.3 is 9.47 Å². The van der Waals surface area contributed by atoms with Crippen LogP contribution in [0.3, 0.4) is 0 Å². The normalized spacial score (nSPS) is 15.7. The van der Waals surface area contributed by atoms with Crippen molar-refractivity contribution in [2.75, 3.05) is 14.2 Å². The largest absolute Gasteiger partial charge is 0.468 e. The van der Waals surface area contributed by atoms with E-state index in [1.54, 1.807) is 0 Å². The maximum Gasteiger partial charge on any atom is 0.323 e. The Balaban J connectivity index is 2.59. The molecule has 0 aliphatic heterocycles. The topological polar surface area (TPSA) is 52.6 Å². The average molecular weight is 276 g/mol. The Morgan fingerprint density at radius 3 is 1.95 bits per heavy atom. The highest BCUT2D eigenvalue weighted by molar-refractivity contribution is 6.01. The van der Waals surface area contributed by atoms with Crippen molar-refractivity contribution < 1.29 is 19.1 Å². The van der Waals surface area contributed by atoms with Crippen molar-refractivity contribution >= 4 is 11.9 Å².